The van der Waals surface area contributed by atoms with Crippen LogP contribution < -0.4 is 0 Å². The zero-order chi connectivity index (χ0) is 23.5. The molecule has 2 aromatic carbocycles. The second kappa shape index (κ2) is 10.1. The average molecular weight is 469 g/mol. The number of piperazine rings is 1. The van der Waals surface area contributed by atoms with Crippen molar-refractivity contribution >= 4 is 33.9 Å². The fourth-order valence-electron chi connectivity index (χ4n) is 4.53. The number of amides is 1. The van der Waals surface area contributed by atoms with Gasteiger partial charge in [0.1, 0.15) is 5.82 Å². The molecule has 1 saturated heterocycles. The Bertz CT molecular complexity index is 1130. The van der Waals surface area contributed by atoms with Crippen LogP contribution in [0.3, 0.4) is 0 Å². The maximum absolute atomic E-state index is 14.2. The fourth-order valence-corrected chi connectivity index (χ4v) is 5.05. The molecule has 0 saturated carbocycles. The van der Waals surface area contributed by atoms with Crippen molar-refractivity contribution in [1.82, 2.24) is 9.80 Å². The van der Waals surface area contributed by atoms with Crippen molar-refractivity contribution < 1.29 is 18.5 Å². The lowest BCUT2D eigenvalue weighted by atomic mass is 10.0. The number of fused-ring (bicyclic) bond motifs is 1. The van der Waals surface area contributed by atoms with E-state index in [1.807, 2.05) is 42.2 Å². The third-order valence-electron chi connectivity index (χ3n) is 6.45. The lowest BCUT2D eigenvalue weighted by Crippen LogP contribution is -2.49. The SMILES string of the molecule is CC1=C(CC(=O)N2CCN(CCO)CC2)c2cc(F)ccc2/C1=C/c1ccc(S(C)=O)cc1. The molecular weight excluding hydrogens is 439 g/mol. The van der Waals surface area contributed by atoms with E-state index in [4.69, 9.17) is 5.11 Å². The number of aliphatic hydroxyl groups is 1. The highest BCUT2D eigenvalue weighted by molar-refractivity contribution is 7.84. The van der Waals surface area contributed by atoms with Gasteiger partial charge in [-0.1, -0.05) is 18.2 Å². The van der Waals surface area contributed by atoms with Crippen molar-refractivity contribution in [2.45, 2.75) is 18.2 Å². The number of benzene rings is 2. The van der Waals surface area contributed by atoms with E-state index in [2.05, 4.69) is 4.90 Å². The molecule has 7 heteroatoms. The third-order valence-corrected chi connectivity index (χ3v) is 7.38. The Morgan fingerprint density at radius 2 is 1.79 bits per heavy atom. The van der Waals surface area contributed by atoms with Crippen LogP contribution in [0.2, 0.25) is 0 Å². The number of nitrogens with zero attached hydrogens (tertiary/aromatic N) is 2. The highest BCUT2D eigenvalue weighted by Gasteiger charge is 2.28. The summed E-state index contributed by atoms with van der Waals surface area (Å²) in [6.07, 6.45) is 3.92. The molecule has 174 valence electrons. The van der Waals surface area contributed by atoms with Gasteiger partial charge in [0.25, 0.3) is 0 Å². The van der Waals surface area contributed by atoms with Gasteiger partial charge < -0.3 is 10.0 Å². The molecule has 33 heavy (non-hydrogen) atoms. The summed E-state index contributed by atoms with van der Waals surface area (Å²) in [6.45, 7) is 5.50. The Labute approximate surface area is 196 Å². The van der Waals surface area contributed by atoms with Crippen molar-refractivity contribution in [2.75, 3.05) is 45.6 Å². The van der Waals surface area contributed by atoms with Crippen LogP contribution >= 0.6 is 0 Å². The van der Waals surface area contributed by atoms with Gasteiger partial charge in [0.2, 0.25) is 5.91 Å². The molecule has 0 radical (unpaired) electrons. The number of halogens is 1. The first-order valence-electron chi connectivity index (χ1n) is 11.1. The third kappa shape index (κ3) is 5.16. The van der Waals surface area contributed by atoms with E-state index in [-0.39, 0.29) is 24.8 Å². The topological polar surface area (TPSA) is 60.9 Å². The summed E-state index contributed by atoms with van der Waals surface area (Å²) in [5.74, 6) is -0.278. The van der Waals surface area contributed by atoms with Crippen LogP contribution in [0.5, 0.6) is 0 Å². The normalized spacial score (nSPS) is 18.7. The monoisotopic (exact) mass is 468 g/mol. The first-order chi connectivity index (χ1) is 15.9. The molecule has 1 unspecified atom stereocenters. The lowest BCUT2D eigenvalue weighted by molar-refractivity contribution is -0.131. The van der Waals surface area contributed by atoms with Crippen molar-refractivity contribution in [3.63, 3.8) is 0 Å². The number of allylic oxidation sites excluding steroid dienone is 2. The minimum absolute atomic E-state index is 0.0410. The molecule has 1 aliphatic carbocycles. The summed E-state index contributed by atoms with van der Waals surface area (Å²) in [6, 6.07) is 12.3. The van der Waals surface area contributed by atoms with Crippen LogP contribution in [0, 0.1) is 5.82 Å². The number of hydrogen-bond acceptors (Lipinski definition) is 4. The maximum atomic E-state index is 14.2. The van der Waals surface area contributed by atoms with Crippen molar-refractivity contribution in [3.8, 4) is 0 Å². The molecule has 2 aliphatic rings. The fraction of sp³-hybridized carbons (Fsp3) is 0.346. The molecule has 0 spiro atoms. The minimum atomic E-state index is -1.04. The highest BCUT2D eigenvalue weighted by atomic mass is 32.2. The Balaban J connectivity index is 1.60. The number of hydrogen-bond donors (Lipinski definition) is 1. The number of aliphatic hydroxyl groups excluding tert-OH is 1. The zero-order valence-electron chi connectivity index (χ0n) is 19.0. The van der Waals surface area contributed by atoms with Gasteiger partial charge >= 0.3 is 0 Å². The van der Waals surface area contributed by atoms with Crippen LogP contribution in [0.25, 0.3) is 17.2 Å². The summed E-state index contributed by atoms with van der Waals surface area (Å²) in [5.41, 5.74) is 5.48. The van der Waals surface area contributed by atoms with E-state index in [0.29, 0.717) is 19.6 Å². The van der Waals surface area contributed by atoms with Crippen molar-refractivity contribution in [1.29, 1.82) is 0 Å². The molecule has 1 heterocycles. The molecule has 5 nitrogen and oxygen atoms in total. The molecule has 0 bridgehead atoms. The number of β-amino-alcohol motifs (C(OH)–C–C–N with tert-alkyl or cyclic N) is 1. The van der Waals surface area contributed by atoms with Crippen LogP contribution in [-0.2, 0) is 15.6 Å². The second-order valence-corrected chi connectivity index (χ2v) is 9.88. The largest absolute Gasteiger partial charge is 0.395 e. The van der Waals surface area contributed by atoms with Gasteiger partial charge in [-0.3, -0.25) is 13.9 Å². The van der Waals surface area contributed by atoms with Crippen LogP contribution in [0.1, 0.15) is 30.0 Å². The van der Waals surface area contributed by atoms with Crippen molar-refractivity contribution in [3.05, 3.63) is 70.5 Å². The first kappa shape index (κ1) is 23.5. The molecule has 1 amide bonds. The van der Waals surface area contributed by atoms with Gasteiger partial charge in [-0.25, -0.2) is 4.39 Å². The quantitative estimate of drug-likeness (QED) is 0.706. The Kier molecular flexibility index (Phi) is 7.22. The number of carbonyl (C=O) groups is 1. The summed E-state index contributed by atoms with van der Waals surface area (Å²) < 4.78 is 25.8. The van der Waals surface area contributed by atoms with Gasteiger partial charge in [0.15, 0.2) is 0 Å². The summed E-state index contributed by atoms with van der Waals surface area (Å²) in [4.78, 5) is 17.9. The van der Waals surface area contributed by atoms with E-state index in [9.17, 15) is 13.4 Å². The molecule has 1 fully saturated rings. The summed E-state index contributed by atoms with van der Waals surface area (Å²) in [7, 11) is -1.04. The molecule has 0 aromatic heterocycles. The van der Waals surface area contributed by atoms with Gasteiger partial charge in [0.05, 0.1) is 13.0 Å². The zero-order valence-corrected chi connectivity index (χ0v) is 19.8. The molecule has 1 N–H and O–H groups in total. The van der Waals surface area contributed by atoms with E-state index >= 15 is 0 Å². The summed E-state index contributed by atoms with van der Waals surface area (Å²) in [5, 5.41) is 9.12. The van der Waals surface area contributed by atoms with Crippen LogP contribution in [0.15, 0.2) is 52.9 Å². The molecule has 1 aliphatic heterocycles. The lowest BCUT2D eigenvalue weighted by Gasteiger charge is -2.34. The van der Waals surface area contributed by atoms with Gasteiger partial charge in [-0.05, 0) is 70.7 Å². The Morgan fingerprint density at radius 1 is 1.09 bits per heavy atom. The van der Waals surface area contributed by atoms with E-state index in [0.717, 1.165) is 51.4 Å². The summed E-state index contributed by atoms with van der Waals surface area (Å²) >= 11 is 0. The molecule has 4 rings (SSSR count). The standard InChI is InChI=1S/C26H29FN2O3S/c1-18-23(15-19-3-6-21(7-4-19)33(2)32)22-8-5-20(27)16-25(22)24(18)17-26(31)29-11-9-28(10-12-29)13-14-30/h3-8,15-16,30H,9-14,17H2,1-2H3/b23-15+. The molecule has 1 atom stereocenters. The van der Waals surface area contributed by atoms with Crippen LogP contribution in [0.4, 0.5) is 4.39 Å². The van der Waals surface area contributed by atoms with E-state index < -0.39 is 10.8 Å². The second-order valence-electron chi connectivity index (χ2n) is 8.50. The average Bonchev–Trinajstić information content (AvgIpc) is 3.05. The van der Waals surface area contributed by atoms with Crippen molar-refractivity contribution in [2.24, 2.45) is 0 Å². The predicted octanol–water partition coefficient (Wildman–Crippen LogP) is 3.42. The molecular formula is C26H29FN2O3S. The van der Waals surface area contributed by atoms with Gasteiger partial charge in [0, 0.05) is 54.7 Å². The van der Waals surface area contributed by atoms with E-state index in [1.165, 1.54) is 12.1 Å². The highest BCUT2D eigenvalue weighted by Crippen LogP contribution is 2.44. The number of rotatable bonds is 6. The maximum Gasteiger partial charge on any atom is 0.227 e. The Morgan fingerprint density at radius 3 is 2.42 bits per heavy atom. The van der Waals surface area contributed by atoms with Crippen LogP contribution in [-0.4, -0.2) is 70.6 Å². The molecule has 2 aromatic rings. The van der Waals surface area contributed by atoms with Gasteiger partial charge in [-0.2, -0.15) is 0 Å². The Hall–Kier alpha value is -2.61. The van der Waals surface area contributed by atoms with E-state index in [1.54, 1.807) is 12.3 Å². The number of carbonyl (C=O) groups excluding carboxylic acids is 1. The predicted molar refractivity (Wildman–Crippen MR) is 130 cm³/mol. The first-order valence-corrected chi connectivity index (χ1v) is 12.7. The van der Waals surface area contributed by atoms with Gasteiger partial charge in [-0.15, -0.1) is 0 Å². The smallest absolute Gasteiger partial charge is 0.227 e. The minimum Gasteiger partial charge on any atom is -0.395 e.